The number of ether oxygens (including phenoxy) is 1. The molecule has 70 valence electrons. The summed E-state index contributed by atoms with van der Waals surface area (Å²) in [6, 6.07) is 0.183. The Morgan fingerprint density at radius 3 is 2.92 bits per heavy atom. The quantitative estimate of drug-likeness (QED) is 0.590. The third-order valence-electron chi connectivity index (χ3n) is 1.65. The highest BCUT2D eigenvalue weighted by Gasteiger charge is 2.21. The molecule has 0 spiro atoms. The average molecular weight is 172 g/mol. The van der Waals surface area contributed by atoms with Crippen LogP contribution in [0.15, 0.2) is 0 Å². The molecule has 0 aliphatic carbocycles. The second-order valence-corrected chi connectivity index (χ2v) is 3.23. The summed E-state index contributed by atoms with van der Waals surface area (Å²) in [5.74, 6) is -0.0165. The molecule has 0 aromatic rings. The molecular weight excluding hydrogens is 156 g/mol. The fraction of sp³-hybridized carbons (Fsp3) is 0.875. The predicted octanol–water partition coefficient (Wildman–Crippen LogP) is -0.501. The van der Waals surface area contributed by atoms with Crippen LogP contribution in [-0.4, -0.2) is 37.7 Å². The summed E-state index contributed by atoms with van der Waals surface area (Å²) < 4.78 is 5.27. The molecule has 1 aliphatic heterocycles. The molecule has 4 nitrogen and oxygen atoms in total. The first-order chi connectivity index (χ1) is 5.70. The Bertz CT molecular complexity index is 153. The number of morpholine rings is 1. The summed E-state index contributed by atoms with van der Waals surface area (Å²) in [7, 11) is 0. The lowest BCUT2D eigenvalue weighted by atomic mass is 10.2. The van der Waals surface area contributed by atoms with Crippen LogP contribution in [-0.2, 0) is 9.53 Å². The van der Waals surface area contributed by atoms with Crippen LogP contribution in [0.3, 0.4) is 0 Å². The maximum Gasteiger partial charge on any atom is 0.250 e. The van der Waals surface area contributed by atoms with E-state index in [9.17, 15) is 4.79 Å². The van der Waals surface area contributed by atoms with Gasteiger partial charge in [-0.2, -0.15) is 0 Å². The van der Waals surface area contributed by atoms with Gasteiger partial charge in [0.15, 0.2) is 0 Å². The van der Waals surface area contributed by atoms with Crippen molar-refractivity contribution in [3.63, 3.8) is 0 Å². The first-order valence-corrected chi connectivity index (χ1v) is 4.33. The Morgan fingerprint density at radius 1 is 1.67 bits per heavy atom. The third-order valence-corrected chi connectivity index (χ3v) is 1.65. The molecule has 0 aromatic carbocycles. The number of rotatable bonds is 2. The summed E-state index contributed by atoms with van der Waals surface area (Å²) >= 11 is 0. The lowest BCUT2D eigenvalue weighted by molar-refractivity contribution is -0.134. The summed E-state index contributed by atoms with van der Waals surface area (Å²) in [6.45, 7) is 5.96. The van der Waals surface area contributed by atoms with E-state index < -0.39 is 0 Å². The zero-order valence-corrected chi connectivity index (χ0v) is 7.59. The standard InChI is InChI=1S/C8H16N2O2/c1-6(2)10-8(11)7-5-9-3-4-12-7/h6-7,9H,3-5H2,1-2H3,(H,10,11)/t7-/m1/s1. The van der Waals surface area contributed by atoms with Crippen LogP contribution < -0.4 is 10.6 Å². The van der Waals surface area contributed by atoms with Crippen molar-refractivity contribution in [2.75, 3.05) is 19.7 Å². The maximum atomic E-state index is 11.3. The van der Waals surface area contributed by atoms with Crippen molar-refractivity contribution < 1.29 is 9.53 Å². The normalized spacial score (nSPS) is 24.1. The molecule has 0 bridgehead atoms. The maximum absolute atomic E-state index is 11.3. The average Bonchev–Trinajstić information content (AvgIpc) is 2.05. The van der Waals surface area contributed by atoms with Gasteiger partial charge in [0, 0.05) is 19.1 Å². The summed E-state index contributed by atoms with van der Waals surface area (Å²) in [5.41, 5.74) is 0. The number of hydrogen-bond donors (Lipinski definition) is 2. The van der Waals surface area contributed by atoms with Gasteiger partial charge in [-0.15, -0.1) is 0 Å². The van der Waals surface area contributed by atoms with E-state index in [1.54, 1.807) is 0 Å². The van der Waals surface area contributed by atoms with Crippen molar-refractivity contribution in [3.8, 4) is 0 Å². The molecule has 4 heteroatoms. The van der Waals surface area contributed by atoms with Crippen LogP contribution in [0.2, 0.25) is 0 Å². The Kier molecular flexibility index (Phi) is 3.49. The largest absolute Gasteiger partial charge is 0.366 e. The first kappa shape index (κ1) is 9.48. The van der Waals surface area contributed by atoms with Crippen molar-refractivity contribution in [1.29, 1.82) is 0 Å². The fourth-order valence-electron chi connectivity index (χ4n) is 1.11. The minimum absolute atomic E-state index is 0.0165. The molecule has 1 saturated heterocycles. The van der Waals surface area contributed by atoms with Crippen molar-refractivity contribution in [3.05, 3.63) is 0 Å². The highest BCUT2D eigenvalue weighted by Crippen LogP contribution is 1.96. The Hall–Kier alpha value is -0.610. The number of carbonyl (C=O) groups is 1. The van der Waals surface area contributed by atoms with Gasteiger partial charge in [-0.3, -0.25) is 4.79 Å². The molecular formula is C8H16N2O2. The minimum atomic E-state index is -0.304. The molecule has 0 unspecified atom stereocenters. The van der Waals surface area contributed by atoms with Crippen LogP contribution in [0.5, 0.6) is 0 Å². The van der Waals surface area contributed by atoms with Crippen molar-refractivity contribution in [1.82, 2.24) is 10.6 Å². The highest BCUT2D eigenvalue weighted by molar-refractivity contribution is 5.81. The third kappa shape index (κ3) is 2.79. The van der Waals surface area contributed by atoms with Gasteiger partial charge in [0.25, 0.3) is 5.91 Å². The van der Waals surface area contributed by atoms with Crippen LogP contribution in [0.4, 0.5) is 0 Å². The minimum Gasteiger partial charge on any atom is -0.366 e. The highest BCUT2D eigenvalue weighted by atomic mass is 16.5. The molecule has 1 heterocycles. The monoisotopic (exact) mass is 172 g/mol. The molecule has 1 aliphatic rings. The van der Waals surface area contributed by atoms with Gasteiger partial charge in [-0.25, -0.2) is 0 Å². The van der Waals surface area contributed by atoms with E-state index >= 15 is 0 Å². The lowest BCUT2D eigenvalue weighted by Crippen LogP contribution is -2.49. The van der Waals surface area contributed by atoms with Crippen LogP contribution in [0.25, 0.3) is 0 Å². The number of nitrogens with one attached hydrogen (secondary N) is 2. The van der Waals surface area contributed by atoms with E-state index in [-0.39, 0.29) is 18.1 Å². The van der Waals surface area contributed by atoms with E-state index in [0.717, 1.165) is 6.54 Å². The van der Waals surface area contributed by atoms with Crippen molar-refractivity contribution in [2.45, 2.75) is 26.0 Å². The Labute approximate surface area is 72.7 Å². The van der Waals surface area contributed by atoms with Crippen LogP contribution in [0.1, 0.15) is 13.8 Å². The predicted molar refractivity (Wildman–Crippen MR) is 45.9 cm³/mol. The Morgan fingerprint density at radius 2 is 2.42 bits per heavy atom. The molecule has 0 saturated carbocycles. The van der Waals surface area contributed by atoms with Crippen LogP contribution in [0, 0.1) is 0 Å². The van der Waals surface area contributed by atoms with Gasteiger partial charge >= 0.3 is 0 Å². The molecule has 0 radical (unpaired) electrons. The van der Waals surface area contributed by atoms with Gasteiger partial charge < -0.3 is 15.4 Å². The van der Waals surface area contributed by atoms with Gasteiger partial charge in [-0.05, 0) is 13.8 Å². The number of carbonyl (C=O) groups excluding carboxylic acids is 1. The summed E-state index contributed by atoms with van der Waals surface area (Å²) in [5, 5.41) is 5.91. The Balaban J connectivity index is 2.30. The molecule has 1 fully saturated rings. The molecule has 0 aromatic heterocycles. The number of amides is 1. The zero-order chi connectivity index (χ0) is 8.97. The molecule has 1 rings (SSSR count). The van der Waals surface area contributed by atoms with Crippen molar-refractivity contribution in [2.24, 2.45) is 0 Å². The smallest absolute Gasteiger partial charge is 0.250 e. The summed E-state index contributed by atoms with van der Waals surface area (Å²) in [6.07, 6.45) is -0.304. The van der Waals surface area contributed by atoms with Crippen LogP contribution >= 0.6 is 0 Å². The van der Waals surface area contributed by atoms with Crippen molar-refractivity contribution >= 4 is 5.91 Å². The lowest BCUT2D eigenvalue weighted by Gasteiger charge is -2.23. The topological polar surface area (TPSA) is 50.4 Å². The number of hydrogen-bond acceptors (Lipinski definition) is 3. The van der Waals surface area contributed by atoms with Gasteiger partial charge in [0.2, 0.25) is 0 Å². The molecule has 12 heavy (non-hydrogen) atoms. The van der Waals surface area contributed by atoms with E-state index in [4.69, 9.17) is 4.74 Å². The van der Waals surface area contributed by atoms with Gasteiger partial charge in [0.1, 0.15) is 6.10 Å². The second-order valence-electron chi connectivity index (χ2n) is 3.23. The van der Waals surface area contributed by atoms with E-state index in [1.165, 1.54) is 0 Å². The van der Waals surface area contributed by atoms with Gasteiger partial charge in [-0.1, -0.05) is 0 Å². The fourth-order valence-corrected chi connectivity index (χ4v) is 1.11. The summed E-state index contributed by atoms with van der Waals surface area (Å²) in [4.78, 5) is 11.3. The van der Waals surface area contributed by atoms with Gasteiger partial charge in [0.05, 0.1) is 6.61 Å². The van der Waals surface area contributed by atoms with E-state index in [0.29, 0.717) is 13.2 Å². The molecule has 1 atom stereocenters. The molecule has 1 amide bonds. The van der Waals surface area contributed by atoms with E-state index in [2.05, 4.69) is 10.6 Å². The molecule has 2 N–H and O–H groups in total. The zero-order valence-electron chi connectivity index (χ0n) is 7.59. The van der Waals surface area contributed by atoms with E-state index in [1.807, 2.05) is 13.8 Å². The SMILES string of the molecule is CC(C)NC(=O)[C@H]1CNCCO1. The first-order valence-electron chi connectivity index (χ1n) is 4.33. The second kappa shape index (κ2) is 4.42.